The molecule has 0 aliphatic carbocycles. The molecule has 1 aromatic rings. The second-order valence-corrected chi connectivity index (χ2v) is 4.92. The van der Waals surface area contributed by atoms with Gasteiger partial charge in [-0.1, -0.05) is 26.7 Å². The molecule has 0 aliphatic heterocycles. The van der Waals surface area contributed by atoms with E-state index in [1.54, 1.807) is 0 Å². The number of nitrogens with two attached hydrogens (primary N) is 1. The molecule has 6 heteroatoms. The molecule has 0 amide bonds. The number of rotatable bonds is 7. The van der Waals surface area contributed by atoms with Gasteiger partial charge in [0.2, 0.25) is 0 Å². The summed E-state index contributed by atoms with van der Waals surface area (Å²) in [5.41, 5.74) is 5.24. The van der Waals surface area contributed by atoms with E-state index in [2.05, 4.69) is 0 Å². The fourth-order valence-corrected chi connectivity index (χ4v) is 2.65. The van der Waals surface area contributed by atoms with Crippen molar-refractivity contribution in [3.8, 4) is 0 Å². The van der Waals surface area contributed by atoms with Gasteiger partial charge in [0.15, 0.2) is 0 Å². The molecule has 20 heavy (non-hydrogen) atoms. The zero-order valence-electron chi connectivity index (χ0n) is 11.8. The number of nitrogens with zero attached hydrogens (tertiary/aromatic N) is 1. The molecule has 0 unspecified atom stereocenters. The van der Waals surface area contributed by atoms with Gasteiger partial charge in [0.25, 0.3) is 5.69 Å². The van der Waals surface area contributed by atoms with Crippen LogP contribution in [0, 0.1) is 10.1 Å². The summed E-state index contributed by atoms with van der Waals surface area (Å²) >= 11 is 0. The van der Waals surface area contributed by atoms with E-state index in [1.807, 2.05) is 13.8 Å². The van der Waals surface area contributed by atoms with E-state index in [9.17, 15) is 20.0 Å². The van der Waals surface area contributed by atoms with Crippen LogP contribution < -0.4 is 5.73 Å². The number of hydrogen-bond acceptors (Lipinski definition) is 4. The van der Waals surface area contributed by atoms with Crippen molar-refractivity contribution in [2.75, 3.05) is 5.73 Å². The highest BCUT2D eigenvalue weighted by molar-refractivity contribution is 5.84. The number of carboxylic acid groups (broad SMARTS) is 1. The second-order valence-electron chi connectivity index (χ2n) is 4.92. The Hall–Kier alpha value is -2.11. The van der Waals surface area contributed by atoms with Crippen molar-refractivity contribution in [2.24, 2.45) is 0 Å². The Morgan fingerprint density at radius 1 is 1.35 bits per heavy atom. The van der Waals surface area contributed by atoms with Crippen LogP contribution >= 0.6 is 0 Å². The maximum absolute atomic E-state index is 11.8. The van der Waals surface area contributed by atoms with Gasteiger partial charge in [0, 0.05) is 17.8 Å². The third-order valence-corrected chi connectivity index (χ3v) is 3.53. The molecule has 0 bridgehead atoms. The van der Waals surface area contributed by atoms with Gasteiger partial charge in [-0.05, 0) is 24.5 Å². The normalized spacial score (nSPS) is 11.3. The van der Waals surface area contributed by atoms with E-state index in [-0.39, 0.29) is 5.69 Å². The Morgan fingerprint density at radius 3 is 2.30 bits per heavy atom. The van der Waals surface area contributed by atoms with E-state index < -0.39 is 16.3 Å². The highest BCUT2D eigenvalue weighted by Gasteiger charge is 2.40. The smallest absolute Gasteiger partial charge is 0.314 e. The fourth-order valence-electron chi connectivity index (χ4n) is 2.65. The monoisotopic (exact) mass is 280 g/mol. The van der Waals surface area contributed by atoms with Crippen LogP contribution in [0.15, 0.2) is 18.2 Å². The molecule has 0 atom stereocenters. The molecule has 6 nitrogen and oxygen atoms in total. The lowest BCUT2D eigenvalue weighted by atomic mass is 9.72. The van der Waals surface area contributed by atoms with Crippen molar-refractivity contribution in [1.82, 2.24) is 0 Å². The number of carboxylic acids is 1. The maximum atomic E-state index is 11.8. The first-order valence-corrected chi connectivity index (χ1v) is 6.66. The molecule has 0 heterocycles. The molecule has 0 radical (unpaired) electrons. The van der Waals surface area contributed by atoms with Crippen LogP contribution in [0.2, 0.25) is 0 Å². The molecule has 0 saturated heterocycles. The lowest BCUT2D eigenvalue weighted by molar-refractivity contribution is -0.384. The third-order valence-electron chi connectivity index (χ3n) is 3.53. The van der Waals surface area contributed by atoms with Crippen molar-refractivity contribution in [3.05, 3.63) is 33.9 Å². The average molecular weight is 280 g/mol. The van der Waals surface area contributed by atoms with E-state index >= 15 is 0 Å². The average Bonchev–Trinajstić information content (AvgIpc) is 2.38. The molecular weight excluding hydrogens is 260 g/mol. The van der Waals surface area contributed by atoms with Gasteiger partial charge in [0.1, 0.15) is 0 Å². The maximum Gasteiger partial charge on any atom is 0.314 e. The van der Waals surface area contributed by atoms with Gasteiger partial charge in [-0.3, -0.25) is 14.9 Å². The topological polar surface area (TPSA) is 106 Å². The van der Waals surface area contributed by atoms with Crippen LogP contribution in [0.5, 0.6) is 0 Å². The molecule has 1 aromatic carbocycles. The summed E-state index contributed by atoms with van der Waals surface area (Å²) in [5, 5.41) is 20.6. The molecule has 110 valence electrons. The minimum Gasteiger partial charge on any atom is -0.481 e. The zero-order chi connectivity index (χ0) is 15.3. The number of carbonyl (C=O) groups is 1. The van der Waals surface area contributed by atoms with Crippen LogP contribution in [-0.4, -0.2) is 16.0 Å². The van der Waals surface area contributed by atoms with Gasteiger partial charge < -0.3 is 10.8 Å². The summed E-state index contributed by atoms with van der Waals surface area (Å²) in [6.07, 6.45) is 2.13. The molecule has 3 N–H and O–H groups in total. The number of anilines is 1. The highest BCUT2D eigenvalue weighted by atomic mass is 16.6. The van der Waals surface area contributed by atoms with Crippen LogP contribution in [0.4, 0.5) is 11.4 Å². The van der Waals surface area contributed by atoms with Gasteiger partial charge in [0.05, 0.1) is 10.3 Å². The van der Waals surface area contributed by atoms with E-state index in [0.29, 0.717) is 36.9 Å². The van der Waals surface area contributed by atoms with Crippen molar-refractivity contribution in [2.45, 2.75) is 44.9 Å². The number of nitro benzene ring substituents is 1. The number of non-ortho nitro benzene ring substituents is 1. The van der Waals surface area contributed by atoms with Crippen molar-refractivity contribution in [1.29, 1.82) is 0 Å². The molecule has 0 saturated carbocycles. The van der Waals surface area contributed by atoms with E-state index in [1.165, 1.54) is 18.2 Å². The van der Waals surface area contributed by atoms with Crippen molar-refractivity contribution >= 4 is 17.3 Å². The summed E-state index contributed by atoms with van der Waals surface area (Å²) in [7, 11) is 0. The first kappa shape index (κ1) is 15.9. The van der Waals surface area contributed by atoms with Crippen molar-refractivity contribution in [3.63, 3.8) is 0 Å². The molecular formula is C14H20N2O4. The van der Waals surface area contributed by atoms with Gasteiger partial charge in [-0.15, -0.1) is 0 Å². The first-order chi connectivity index (χ1) is 9.39. The molecule has 0 spiro atoms. The Morgan fingerprint density at radius 2 is 1.90 bits per heavy atom. The summed E-state index contributed by atoms with van der Waals surface area (Å²) in [6.45, 7) is 3.78. The minimum absolute atomic E-state index is 0.132. The lowest BCUT2D eigenvalue weighted by Gasteiger charge is -2.30. The molecule has 0 aliphatic rings. The number of aliphatic carboxylic acids is 1. The Bertz CT molecular complexity index is 508. The lowest BCUT2D eigenvalue weighted by Crippen LogP contribution is -2.36. The van der Waals surface area contributed by atoms with Crippen LogP contribution in [-0.2, 0) is 10.2 Å². The summed E-state index contributed by atoms with van der Waals surface area (Å²) in [4.78, 5) is 22.2. The summed E-state index contributed by atoms with van der Waals surface area (Å²) in [5.74, 6) is -0.978. The SMILES string of the molecule is CCCC(CCC)(C(=O)O)c1cc([N+](=O)[O-])ccc1N. The Labute approximate surface area is 117 Å². The summed E-state index contributed by atoms with van der Waals surface area (Å²) < 4.78 is 0. The number of nitrogen functional groups attached to an aromatic ring is 1. The van der Waals surface area contributed by atoms with Crippen LogP contribution in [0.3, 0.4) is 0 Å². The number of benzene rings is 1. The molecule has 0 fully saturated rings. The van der Waals surface area contributed by atoms with E-state index in [0.717, 1.165) is 0 Å². The standard InChI is InChI=1S/C14H20N2O4/c1-3-7-14(8-4-2,13(17)18)11-9-10(16(19)20)5-6-12(11)15/h5-6,9H,3-4,7-8,15H2,1-2H3,(H,17,18). The quantitative estimate of drug-likeness (QED) is 0.453. The first-order valence-electron chi connectivity index (χ1n) is 6.66. The highest BCUT2D eigenvalue weighted by Crippen LogP contribution is 2.39. The van der Waals surface area contributed by atoms with Gasteiger partial charge in [-0.2, -0.15) is 0 Å². The predicted octanol–water partition coefficient (Wildman–Crippen LogP) is 3.10. The largest absolute Gasteiger partial charge is 0.481 e. The van der Waals surface area contributed by atoms with Gasteiger partial charge in [-0.25, -0.2) is 0 Å². The molecule has 0 aromatic heterocycles. The molecule has 1 rings (SSSR count). The van der Waals surface area contributed by atoms with Crippen LogP contribution in [0.1, 0.15) is 45.1 Å². The second kappa shape index (κ2) is 6.36. The Kier molecular flexibility index (Phi) is 5.07. The Balaban J connectivity index is 3.49. The predicted molar refractivity (Wildman–Crippen MR) is 76.6 cm³/mol. The minimum atomic E-state index is -1.15. The van der Waals surface area contributed by atoms with Gasteiger partial charge >= 0.3 is 5.97 Å². The number of nitro groups is 1. The fraction of sp³-hybridized carbons (Fsp3) is 0.500. The van der Waals surface area contributed by atoms with E-state index in [4.69, 9.17) is 5.73 Å². The van der Waals surface area contributed by atoms with Crippen molar-refractivity contribution < 1.29 is 14.8 Å². The third kappa shape index (κ3) is 2.89. The summed E-state index contributed by atoms with van der Waals surface area (Å²) in [6, 6.07) is 4.01. The zero-order valence-corrected chi connectivity index (χ0v) is 11.8. The number of hydrogen-bond donors (Lipinski definition) is 2. The van der Waals surface area contributed by atoms with Crippen LogP contribution in [0.25, 0.3) is 0 Å².